The second-order valence-corrected chi connectivity index (χ2v) is 8.20. The first kappa shape index (κ1) is 21.1. The van der Waals surface area contributed by atoms with E-state index in [9.17, 15) is 9.00 Å². The molecule has 1 aromatic heterocycles. The van der Waals surface area contributed by atoms with Crippen molar-refractivity contribution in [1.29, 1.82) is 0 Å². The first-order valence-corrected chi connectivity index (χ1v) is 10.0. The molecule has 0 bridgehead atoms. The van der Waals surface area contributed by atoms with Crippen molar-refractivity contribution < 1.29 is 22.8 Å². The van der Waals surface area contributed by atoms with Crippen molar-refractivity contribution in [2.24, 2.45) is 5.92 Å². The molecule has 2 atom stereocenters. The molecule has 6 nitrogen and oxygen atoms in total. The molecule has 0 aliphatic heterocycles. The third-order valence-electron chi connectivity index (χ3n) is 3.54. The van der Waals surface area contributed by atoms with Crippen LogP contribution in [0.15, 0.2) is 40.6 Å². The second kappa shape index (κ2) is 10.2. The van der Waals surface area contributed by atoms with Crippen molar-refractivity contribution in [2.75, 3.05) is 14.2 Å². The van der Waals surface area contributed by atoms with Crippen LogP contribution in [-0.4, -0.2) is 30.4 Å². The standard InChI is InChI=1S/C19H21NO5S2/c1-13(2)18(19(21)24-4)20-25-27(22)17-12-11-16(26-17)10-7-14-5-8-15(23-3)9-6-14/h5-6,8-9,11-13,18,20H,1-4H3. The summed E-state index contributed by atoms with van der Waals surface area (Å²) < 4.78 is 27.7. The van der Waals surface area contributed by atoms with Crippen molar-refractivity contribution in [3.63, 3.8) is 0 Å². The Labute approximate surface area is 165 Å². The molecule has 27 heavy (non-hydrogen) atoms. The number of carbonyl (C=O) groups is 1. The Morgan fingerprint density at radius 2 is 1.81 bits per heavy atom. The highest BCUT2D eigenvalue weighted by Gasteiger charge is 2.24. The number of ether oxygens (including phenoxy) is 2. The van der Waals surface area contributed by atoms with E-state index >= 15 is 0 Å². The fourth-order valence-electron chi connectivity index (χ4n) is 2.00. The molecule has 0 saturated heterocycles. The van der Waals surface area contributed by atoms with Crippen LogP contribution >= 0.6 is 11.3 Å². The number of esters is 1. The van der Waals surface area contributed by atoms with E-state index in [2.05, 4.69) is 17.3 Å². The lowest BCUT2D eigenvalue weighted by molar-refractivity contribution is -0.146. The average Bonchev–Trinajstić information content (AvgIpc) is 3.15. The minimum atomic E-state index is -1.76. The minimum absolute atomic E-state index is 0.0799. The minimum Gasteiger partial charge on any atom is -0.497 e. The van der Waals surface area contributed by atoms with Crippen LogP contribution in [0.1, 0.15) is 24.3 Å². The van der Waals surface area contributed by atoms with Gasteiger partial charge in [-0.1, -0.05) is 25.7 Å². The first-order valence-electron chi connectivity index (χ1n) is 8.13. The quantitative estimate of drug-likeness (QED) is 0.432. The summed E-state index contributed by atoms with van der Waals surface area (Å²) in [4.78, 5) is 12.4. The molecule has 8 heteroatoms. The van der Waals surface area contributed by atoms with Crippen LogP contribution in [0.4, 0.5) is 0 Å². The maximum Gasteiger partial charge on any atom is 0.325 e. The van der Waals surface area contributed by atoms with Gasteiger partial charge in [0.15, 0.2) is 0 Å². The SMILES string of the molecule is COC(=O)C(NOS(=O)c1ccc(C#Cc2ccc(OC)cc2)s1)C(C)C. The van der Waals surface area contributed by atoms with Gasteiger partial charge in [0.05, 0.1) is 19.1 Å². The number of benzene rings is 1. The Bertz CT molecular complexity index is 849. The van der Waals surface area contributed by atoms with E-state index in [0.717, 1.165) is 16.2 Å². The lowest BCUT2D eigenvalue weighted by Gasteiger charge is -2.18. The Morgan fingerprint density at radius 3 is 2.41 bits per heavy atom. The summed E-state index contributed by atoms with van der Waals surface area (Å²) in [5.74, 6) is 6.28. The van der Waals surface area contributed by atoms with Gasteiger partial charge in [0, 0.05) is 5.56 Å². The van der Waals surface area contributed by atoms with Crippen LogP contribution in [0, 0.1) is 17.8 Å². The summed E-state index contributed by atoms with van der Waals surface area (Å²) in [6.45, 7) is 3.66. The fourth-order valence-corrected chi connectivity index (χ4v) is 3.69. The smallest absolute Gasteiger partial charge is 0.325 e. The molecular weight excluding hydrogens is 386 g/mol. The number of hydroxylamine groups is 1. The molecule has 1 heterocycles. The molecule has 1 aromatic carbocycles. The Kier molecular flexibility index (Phi) is 8.00. The van der Waals surface area contributed by atoms with E-state index in [-0.39, 0.29) is 5.92 Å². The van der Waals surface area contributed by atoms with E-state index < -0.39 is 23.1 Å². The number of nitrogens with one attached hydrogen (secondary N) is 1. The van der Waals surface area contributed by atoms with Crippen LogP contribution in [-0.2, 0) is 24.9 Å². The summed E-state index contributed by atoms with van der Waals surface area (Å²) in [6.07, 6.45) is 0. The summed E-state index contributed by atoms with van der Waals surface area (Å²) in [6, 6.07) is 10.2. The largest absolute Gasteiger partial charge is 0.497 e. The predicted octanol–water partition coefficient (Wildman–Crippen LogP) is 2.90. The molecule has 0 fully saturated rings. The molecule has 2 aromatic rings. The Morgan fingerprint density at radius 1 is 1.11 bits per heavy atom. The Balaban J connectivity index is 1.99. The molecule has 0 radical (unpaired) electrons. The van der Waals surface area contributed by atoms with Crippen molar-refractivity contribution in [2.45, 2.75) is 24.1 Å². The highest BCUT2D eigenvalue weighted by atomic mass is 32.2. The van der Waals surface area contributed by atoms with Crippen LogP contribution in [0.25, 0.3) is 0 Å². The molecule has 0 aliphatic rings. The third-order valence-corrected chi connectivity index (χ3v) is 5.70. The molecule has 0 aliphatic carbocycles. The molecular formula is C19H21NO5S2. The third kappa shape index (κ3) is 6.19. The normalized spacial score (nSPS) is 12.8. The van der Waals surface area contributed by atoms with Gasteiger partial charge in [-0.15, -0.1) is 11.3 Å². The van der Waals surface area contributed by atoms with Crippen LogP contribution in [0.2, 0.25) is 0 Å². The van der Waals surface area contributed by atoms with Crippen molar-refractivity contribution in [3.8, 4) is 17.6 Å². The molecule has 0 amide bonds. The zero-order valence-electron chi connectivity index (χ0n) is 15.5. The fraction of sp³-hybridized carbons (Fsp3) is 0.316. The van der Waals surface area contributed by atoms with E-state index in [1.165, 1.54) is 18.4 Å². The maximum atomic E-state index is 12.3. The van der Waals surface area contributed by atoms with E-state index in [1.807, 2.05) is 38.1 Å². The molecule has 0 saturated carbocycles. The second-order valence-electron chi connectivity index (χ2n) is 5.78. The van der Waals surface area contributed by atoms with Gasteiger partial charge in [0.1, 0.15) is 16.0 Å². The van der Waals surface area contributed by atoms with Gasteiger partial charge in [-0.25, -0.2) is 4.21 Å². The summed E-state index contributed by atoms with van der Waals surface area (Å²) in [5, 5.41) is 0. The van der Waals surface area contributed by atoms with Gasteiger partial charge in [-0.05, 0) is 42.3 Å². The number of hydrogen-bond acceptors (Lipinski definition) is 7. The lowest BCUT2D eigenvalue weighted by atomic mass is 10.1. The number of hydrogen-bond donors (Lipinski definition) is 1. The van der Waals surface area contributed by atoms with Crippen molar-refractivity contribution in [1.82, 2.24) is 5.48 Å². The molecule has 0 spiro atoms. The van der Waals surface area contributed by atoms with Gasteiger partial charge in [0.2, 0.25) is 11.1 Å². The van der Waals surface area contributed by atoms with Crippen LogP contribution in [0.3, 0.4) is 0 Å². The van der Waals surface area contributed by atoms with E-state index in [0.29, 0.717) is 4.21 Å². The molecule has 2 unspecified atom stereocenters. The monoisotopic (exact) mass is 407 g/mol. The van der Waals surface area contributed by atoms with Crippen molar-refractivity contribution >= 4 is 28.4 Å². The topological polar surface area (TPSA) is 73.9 Å². The highest BCUT2D eigenvalue weighted by molar-refractivity contribution is 7.82. The molecule has 144 valence electrons. The Hall–Kier alpha value is -2.18. The maximum absolute atomic E-state index is 12.3. The average molecular weight is 408 g/mol. The number of carbonyl (C=O) groups excluding carboxylic acids is 1. The number of rotatable bonds is 7. The van der Waals surface area contributed by atoms with Gasteiger partial charge in [0.25, 0.3) is 0 Å². The summed E-state index contributed by atoms with van der Waals surface area (Å²) in [7, 11) is 2.91. The lowest BCUT2D eigenvalue weighted by Crippen LogP contribution is -2.41. The van der Waals surface area contributed by atoms with E-state index in [1.54, 1.807) is 19.2 Å². The highest BCUT2D eigenvalue weighted by Crippen LogP contribution is 2.20. The summed E-state index contributed by atoms with van der Waals surface area (Å²) >= 11 is -0.493. The van der Waals surface area contributed by atoms with Gasteiger partial charge >= 0.3 is 5.97 Å². The van der Waals surface area contributed by atoms with Gasteiger partial charge in [-0.2, -0.15) is 9.76 Å². The number of methoxy groups -OCH3 is 2. The zero-order chi connectivity index (χ0) is 19.8. The number of thiophene rings is 1. The van der Waals surface area contributed by atoms with Crippen LogP contribution < -0.4 is 10.2 Å². The van der Waals surface area contributed by atoms with Crippen molar-refractivity contribution in [3.05, 3.63) is 46.8 Å². The predicted molar refractivity (Wildman–Crippen MR) is 105 cm³/mol. The van der Waals surface area contributed by atoms with Gasteiger partial charge < -0.3 is 9.47 Å². The zero-order valence-corrected chi connectivity index (χ0v) is 17.1. The van der Waals surface area contributed by atoms with Crippen LogP contribution in [0.5, 0.6) is 5.75 Å². The molecule has 1 N–H and O–H groups in total. The van der Waals surface area contributed by atoms with Gasteiger partial charge in [-0.3, -0.25) is 4.79 Å². The molecule has 2 rings (SSSR count). The summed E-state index contributed by atoms with van der Waals surface area (Å²) in [5.41, 5.74) is 3.38. The first-order chi connectivity index (χ1) is 12.9. The van der Waals surface area contributed by atoms with E-state index in [4.69, 9.17) is 13.8 Å².